The molecule has 0 unspecified atom stereocenters. The average Bonchev–Trinajstić information content (AvgIpc) is 3.40. The van der Waals surface area contributed by atoms with Crippen LogP contribution in [0.15, 0.2) is 54.9 Å². The highest BCUT2D eigenvalue weighted by atomic mass is 19.1. The number of anilines is 2. The summed E-state index contributed by atoms with van der Waals surface area (Å²) in [5.41, 5.74) is 4.51. The van der Waals surface area contributed by atoms with Gasteiger partial charge in [0.2, 0.25) is 0 Å². The largest absolute Gasteiger partial charge is 0.383 e. The number of halogens is 1. The van der Waals surface area contributed by atoms with E-state index in [-0.39, 0.29) is 11.7 Å². The maximum absolute atomic E-state index is 13.5. The molecule has 0 radical (unpaired) electrons. The number of fused-ring (bicyclic) bond motifs is 2. The van der Waals surface area contributed by atoms with Gasteiger partial charge < -0.3 is 20.4 Å². The predicted molar refractivity (Wildman–Crippen MR) is 131 cm³/mol. The highest BCUT2D eigenvalue weighted by molar-refractivity contribution is 6.04. The van der Waals surface area contributed by atoms with Crippen LogP contribution in [0, 0.1) is 12.7 Å². The van der Waals surface area contributed by atoms with Crippen LogP contribution in [0.2, 0.25) is 0 Å². The van der Waals surface area contributed by atoms with Crippen LogP contribution in [0.5, 0.6) is 0 Å². The highest BCUT2D eigenvalue weighted by Gasteiger charge is 2.18. The Bertz CT molecular complexity index is 1530. The number of aromatic amines is 1. The molecule has 0 fully saturated rings. The minimum Gasteiger partial charge on any atom is -0.383 e. The number of H-pyrrole nitrogens is 1. The number of amides is 1. The van der Waals surface area contributed by atoms with E-state index in [0.29, 0.717) is 36.7 Å². The van der Waals surface area contributed by atoms with Gasteiger partial charge in [0.05, 0.1) is 36.6 Å². The first kappa shape index (κ1) is 22.5. The Morgan fingerprint density at radius 1 is 1.20 bits per heavy atom. The van der Waals surface area contributed by atoms with Gasteiger partial charge in [0.15, 0.2) is 5.82 Å². The SMILES string of the molecule is COCCNC(=O)c1[nH]c2cnnc(Nc3ccc4c(cnn4Cc4cccc(F)c4)c3)c2c1C. The molecule has 35 heavy (non-hydrogen) atoms. The molecular formula is C25H24FN7O2. The molecule has 0 aliphatic carbocycles. The Morgan fingerprint density at radius 3 is 2.91 bits per heavy atom. The second-order valence-electron chi connectivity index (χ2n) is 8.19. The van der Waals surface area contributed by atoms with Gasteiger partial charge in [-0.3, -0.25) is 9.48 Å². The van der Waals surface area contributed by atoms with Crippen LogP contribution in [0.25, 0.3) is 21.8 Å². The summed E-state index contributed by atoms with van der Waals surface area (Å²) in [6.07, 6.45) is 3.37. The minimum atomic E-state index is -0.267. The Kier molecular flexibility index (Phi) is 6.11. The number of methoxy groups -OCH3 is 1. The van der Waals surface area contributed by atoms with Crippen molar-refractivity contribution in [1.29, 1.82) is 0 Å². The van der Waals surface area contributed by atoms with Crippen molar-refractivity contribution >= 4 is 39.2 Å². The van der Waals surface area contributed by atoms with E-state index in [4.69, 9.17) is 4.74 Å². The van der Waals surface area contributed by atoms with Gasteiger partial charge in [0.25, 0.3) is 5.91 Å². The van der Waals surface area contributed by atoms with Crippen LogP contribution in [-0.4, -0.2) is 51.1 Å². The molecule has 178 valence electrons. The summed E-state index contributed by atoms with van der Waals surface area (Å²) in [5.74, 6) is 0.0592. The fraction of sp³-hybridized carbons (Fsp3) is 0.200. The number of benzene rings is 2. The molecule has 0 atom stereocenters. The van der Waals surface area contributed by atoms with Crippen LogP contribution in [0.4, 0.5) is 15.9 Å². The van der Waals surface area contributed by atoms with E-state index in [0.717, 1.165) is 33.1 Å². The van der Waals surface area contributed by atoms with Crippen molar-refractivity contribution in [2.24, 2.45) is 0 Å². The van der Waals surface area contributed by atoms with Crippen molar-refractivity contribution in [1.82, 2.24) is 30.3 Å². The molecule has 3 heterocycles. The number of nitrogens with zero attached hydrogens (tertiary/aromatic N) is 4. The van der Waals surface area contributed by atoms with Crippen LogP contribution in [0.3, 0.4) is 0 Å². The molecule has 9 nitrogen and oxygen atoms in total. The fourth-order valence-electron chi connectivity index (χ4n) is 4.12. The molecular weight excluding hydrogens is 449 g/mol. The summed E-state index contributed by atoms with van der Waals surface area (Å²) in [6.45, 7) is 3.19. The molecule has 0 spiro atoms. The van der Waals surface area contributed by atoms with Crippen molar-refractivity contribution < 1.29 is 13.9 Å². The van der Waals surface area contributed by atoms with Gasteiger partial charge in [-0.05, 0) is 48.4 Å². The lowest BCUT2D eigenvalue weighted by molar-refractivity contribution is 0.0932. The predicted octanol–water partition coefficient (Wildman–Crippen LogP) is 3.92. The number of aromatic nitrogens is 5. The van der Waals surface area contributed by atoms with Crippen LogP contribution < -0.4 is 10.6 Å². The molecule has 0 saturated carbocycles. The van der Waals surface area contributed by atoms with Gasteiger partial charge in [0, 0.05) is 30.1 Å². The Labute approximate surface area is 200 Å². The van der Waals surface area contributed by atoms with E-state index in [1.807, 2.05) is 35.9 Å². The molecule has 1 amide bonds. The summed E-state index contributed by atoms with van der Waals surface area (Å²) < 4.78 is 20.4. The number of carbonyl (C=O) groups is 1. The van der Waals surface area contributed by atoms with E-state index >= 15 is 0 Å². The quantitative estimate of drug-likeness (QED) is 0.295. The number of ether oxygens (including phenoxy) is 1. The summed E-state index contributed by atoms with van der Waals surface area (Å²) in [5, 5.41) is 20.7. The number of aryl methyl sites for hydroxylation is 1. The van der Waals surface area contributed by atoms with Gasteiger partial charge in [-0.15, -0.1) is 5.10 Å². The van der Waals surface area contributed by atoms with Crippen LogP contribution in [-0.2, 0) is 11.3 Å². The standard InChI is InChI=1S/C25H24FN7O2/c1-15-22-20(31-23(15)25(34)27-8-9-35-2)13-28-32-24(22)30-19-6-7-21-17(11-19)12-29-33(21)14-16-4-3-5-18(26)10-16/h3-7,10-13,31H,8-9,14H2,1-2H3,(H,27,34)(H,30,32). The summed E-state index contributed by atoms with van der Waals surface area (Å²) in [7, 11) is 1.59. The second-order valence-corrected chi connectivity index (χ2v) is 8.19. The minimum absolute atomic E-state index is 0.214. The third-order valence-electron chi connectivity index (χ3n) is 5.81. The zero-order valence-electron chi connectivity index (χ0n) is 19.3. The Hall–Kier alpha value is -4.31. The number of hydrogen-bond donors (Lipinski definition) is 3. The van der Waals surface area contributed by atoms with Crippen molar-refractivity contribution in [2.75, 3.05) is 25.6 Å². The van der Waals surface area contributed by atoms with Gasteiger partial charge in [-0.25, -0.2) is 4.39 Å². The first-order chi connectivity index (χ1) is 17.0. The lowest BCUT2D eigenvalue weighted by Gasteiger charge is -2.08. The molecule has 2 aromatic carbocycles. The number of hydrogen-bond acceptors (Lipinski definition) is 6. The molecule has 10 heteroatoms. The normalized spacial score (nSPS) is 11.3. The highest BCUT2D eigenvalue weighted by Crippen LogP contribution is 2.30. The summed E-state index contributed by atoms with van der Waals surface area (Å²) >= 11 is 0. The van der Waals surface area contributed by atoms with Gasteiger partial charge >= 0.3 is 0 Å². The maximum atomic E-state index is 13.5. The average molecular weight is 474 g/mol. The number of rotatable bonds is 8. The number of carbonyl (C=O) groups excluding carboxylic acids is 1. The van der Waals surface area contributed by atoms with Crippen molar-refractivity contribution in [2.45, 2.75) is 13.5 Å². The molecule has 0 aliphatic rings. The first-order valence-corrected chi connectivity index (χ1v) is 11.1. The first-order valence-electron chi connectivity index (χ1n) is 11.1. The summed E-state index contributed by atoms with van der Waals surface area (Å²) in [6, 6.07) is 12.3. The lowest BCUT2D eigenvalue weighted by Crippen LogP contribution is -2.27. The van der Waals surface area contributed by atoms with Crippen LogP contribution >= 0.6 is 0 Å². The zero-order valence-corrected chi connectivity index (χ0v) is 19.3. The van der Waals surface area contributed by atoms with Gasteiger partial charge in [-0.2, -0.15) is 10.2 Å². The molecule has 3 aromatic heterocycles. The smallest absolute Gasteiger partial charge is 0.268 e. The van der Waals surface area contributed by atoms with Crippen molar-refractivity contribution in [3.05, 3.63) is 77.5 Å². The van der Waals surface area contributed by atoms with Gasteiger partial charge in [0.1, 0.15) is 11.5 Å². The van der Waals surface area contributed by atoms with E-state index in [1.165, 1.54) is 12.1 Å². The molecule has 5 aromatic rings. The third kappa shape index (κ3) is 4.56. The molecule has 0 bridgehead atoms. The molecule has 0 aliphatic heterocycles. The lowest BCUT2D eigenvalue weighted by atomic mass is 10.1. The third-order valence-corrected chi connectivity index (χ3v) is 5.81. The Balaban J connectivity index is 1.41. The monoisotopic (exact) mass is 473 g/mol. The van der Waals surface area contributed by atoms with Crippen molar-refractivity contribution in [3.63, 3.8) is 0 Å². The van der Waals surface area contributed by atoms with Crippen molar-refractivity contribution in [3.8, 4) is 0 Å². The molecule has 5 rings (SSSR count). The second kappa shape index (κ2) is 9.51. The van der Waals surface area contributed by atoms with Gasteiger partial charge in [-0.1, -0.05) is 12.1 Å². The van der Waals surface area contributed by atoms with E-state index < -0.39 is 0 Å². The molecule has 3 N–H and O–H groups in total. The number of nitrogens with one attached hydrogen (secondary N) is 3. The van der Waals surface area contributed by atoms with Crippen LogP contribution in [0.1, 0.15) is 21.6 Å². The zero-order chi connectivity index (χ0) is 24.4. The van der Waals surface area contributed by atoms with E-state index in [1.54, 1.807) is 25.6 Å². The fourth-order valence-corrected chi connectivity index (χ4v) is 4.12. The molecule has 0 saturated heterocycles. The van der Waals surface area contributed by atoms with E-state index in [2.05, 4.69) is 30.9 Å². The van der Waals surface area contributed by atoms with E-state index in [9.17, 15) is 9.18 Å². The Morgan fingerprint density at radius 2 is 2.09 bits per heavy atom. The maximum Gasteiger partial charge on any atom is 0.268 e. The summed E-state index contributed by atoms with van der Waals surface area (Å²) in [4.78, 5) is 15.7. The topological polar surface area (TPSA) is 110 Å².